The molecule has 1 aliphatic rings. The van der Waals surface area contributed by atoms with Gasteiger partial charge in [-0.2, -0.15) is 5.10 Å². The van der Waals surface area contributed by atoms with E-state index in [1.807, 2.05) is 40.7 Å². The number of aromatic nitrogens is 3. The van der Waals surface area contributed by atoms with Gasteiger partial charge in [0.2, 0.25) is 5.91 Å². The number of likely N-dealkylation sites (tertiary alicyclic amines) is 1. The average molecular weight is 425 g/mol. The van der Waals surface area contributed by atoms with E-state index in [1.54, 1.807) is 20.2 Å². The number of ether oxygens (including phenoxy) is 1. The second-order valence-corrected chi connectivity index (χ2v) is 8.00. The van der Waals surface area contributed by atoms with Gasteiger partial charge in [0.05, 0.1) is 24.2 Å². The third kappa shape index (κ3) is 3.60. The molecule has 3 aromatic rings. The number of amides is 1. The maximum atomic E-state index is 13.6. The minimum absolute atomic E-state index is 0.0219. The van der Waals surface area contributed by atoms with E-state index in [-0.39, 0.29) is 23.4 Å². The Kier molecular flexibility index (Phi) is 5.80. The minimum Gasteiger partial charge on any atom is -0.466 e. The molecule has 1 amide bonds. The Morgan fingerprint density at radius 3 is 2.55 bits per heavy atom. The molecule has 1 aliphatic heterocycles. The van der Waals surface area contributed by atoms with E-state index in [0.717, 1.165) is 16.3 Å². The van der Waals surface area contributed by atoms with Crippen molar-refractivity contribution in [3.8, 4) is 0 Å². The number of esters is 1. The molecule has 0 radical (unpaired) electrons. The number of carbonyl (C=O) groups is 2. The summed E-state index contributed by atoms with van der Waals surface area (Å²) in [4.78, 5) is 40.5. The topological polar surface area (TPSA) is 86.4 Å². The zero-order valence-corrected chi connectivity index (χ0v) is 18.2. The van der Waals surface area contributed by atoms with Crippen LogP contribution in [0.2, 0.25) is 0 Å². The molecule has 0 spiro atoms. The van der Waals surface area contributed by atoms with E-state index < -0.39 is 6.04 Å². The van der Waals surface area contributed by atoms with Gasteiger partial charge >= 0.3 is 5.97 Å². The van der Waals surface area contributed by atoms with Gasteiger partial charge in [0.25, 0.3) is 5.56 Å². The SMILES string of the molecule is CCOC(=O)C1CCN(C(=O)C(CC)n2c3ccccc3c3cnn(C)c(=O)c32)CC1. The van der Waals surface area contributed by atoms with Crippen LogP contribution in [0.15, 0.2) is 35.3 Å². The molecule has 1 aromatic carbocycles. The third-order valence-electron chi connectivity index (χ3n) is 6.22. The van der Waals surface area contributed by atoms with Crippen molar-refractivity contribution in [3.63, 3.8) is 0 Å². The van der Waals surface area contributed by atoms with Crippen LogP contribution in [0, 0.1) is 5.92 Å². The van der Waals surface area contributed by atoms with Crippen LogP contribution in [0.5, 0.6) is 0 Å². The third-order valence-corrected chi connectivity index (χ3v) is 6.22. The second-order valence-electron chi connectivity index (χ2n) is 8.00. The summed E-state index contributed by atoms with van der Waals surface area (Å²) in [6.07, 6.45) is 3.44. The summed E-state index contributed by atoms with van der Waals surface area (Å²) in [5.41, 5.74) is 1.13. The molecule has 31 heavy (non-hydrogen) atoms. The van der Waals surface area contributed by atoms with Crippen LogP contribution in [-0.2, 0) is 21.4 Å². The first kappa shape index (κ1) is 21.1. The standard InChI is InChI=1S/C23H28N4O4/c1-4-18(21(28)26-12-10-15(11-13-26)23(30)31-5-2)27-19-9-7-6-8-16(19)17-14-24-25(3)22(29)20(17)27/h6-9,14-15,18H,4-5,10-13H2,1-3H3. The molecule has 0 saturated carbocycles. The summed E-state index contributed by atoms with van der Waals surface area (Å²) in [5, 5.41) is 5.85. The summed E-state index contributed by atoms with van der Waals surface area (Å²) in [6, 6.07) is 7.23. The molecule has 8 nitrogen and oxygen atoms in total. The van der Waals surface area contributed by atoms with E-state index in [2.05, 4.69) is 5.10 Å². The van der Waals surface area contributed by atoms with Crippen molar-refractivity contribution >= 4 is 33.7 Å². The molecule has 1 atom stereocenters. The van der Waals surface area contributed by atoms with E-state index >= 15 is 0 Å². The van der Waals surface area contributed by atoms with Gasteiger partial charge in [-0.25, -0.2) is 4.68 Å². The smallest absolute Gasteiger partial charge is 0.309 e. The number of benzene rings is 1. The molecule has 2 aromatic heterocycles. The van der Waals surface area contributed by atoms with Crippen LogP contribution >= 0.6 is 0 Å². The number of carbonyl (C=O) groups excluding carboxylic acids is 2. The Morgan fingerprint density at radius 2 is 1.87 bits per heavy atom. The number of rotatable bonds is 5. The Hall–Kier alpha value is -3.16. The van der Waals surface area contributed by atoms with Crippen molar-refractivity contribution in [2.24, 2.45) is 13.0 Å². The van der Waals surface area contributed by atoms with Crippen LogP contribution < -0.4 is 5.56 Å². The summed E-state index contributed by atoms with van der Waals surface area (Å²) < 4.78 is 8.32. The van der Waals surface area contributed by atoms with Crippen LogP contribution in [0.4, 0.5) is 0 Å². The molecule has 1 saturated heterocycles. The molecule has 8 heteroatoms. The number of piperidine rings is 1. The first-order chi connectivity index (χ1) is 15.0. The van der Waals surface area contributed by atoms with Gasteiger partial charge in [-0.15, -0.1) is 0 Å². The molecule has 4 rings (SSSR count). The minimum atomic E-state index is -0.503. The van der Waals surface area contributed by atoms with Gasteiger partial charge < -0.3 is 14.2 Å². The van der Waals surface area contributed by atoms with E-state index in [1.165, 1.54) is 4.68 Å². The highest BCUT2D eigenvalue weighted by Gasteiger charge is 2.33. The Labute approximate surface area is 180 Å². The highest BCUT2D eigenvalue weighted by molar-refractivity contribution is 6.08. The van der Waals surface area contributed by atoms with Gasteiger partial charge in [0.15, 0.2) is 0 Å². The summed E-state index contributed by atoms with van der Waals surface area (Å²) in [7, 11) is 1.62. The number of hydrogen-bond donors (Lipinski definition) is 0. The quantitative estimate of drug-likeness (QED) is 0.588. The monoisotopic (exact) mass is 424 g/mol. The molecule has 1 unspecified atom stereocenters. The van der Waals surface area contributed by atoms with Gasteiger partial charge in [-0.1, -0.05) is 25.1 Å². The van der Waals surface area contributed by atoms with Crippen LogP contribution in [0.25, 0.3) is 21.8 Å². The van der Waals surface area contributed by atoms with Crippen LogP contribution in [0.3, 0.4) is 0 Å². The number of hydrogen-bond acceptors (Lipinski definition) is 5. The first-order valence-corrected chi connectivity index (χ1v) is 10.9. The zero-order valence-electron chi connectivity index (χ0n) is 18.2. The van der Waals surface area contributed by atoms with Gasteiger partial charge in [-0.3, -0.25) is 14.4 Å². The lowest BCUT2D eigenvalue weighted by atomic mass is 9.96. The van der Waals surface area contributed by atoms with Crippen molar-refractivity contribution in [1.29, 1.82) is 0 Å². The Morgan fingerprint density at radius 1 is 1.16 bits per heavy atom. The molecule has 1 fully saturated rings. The van der Waals surface area contributed by atoms with Crippen molar-refractivity contribution in [2.45, 2.75) is 39.2 Å². The largest absolute Gasteiger partial charge is 0.466 e. The summed E-state index contributed by atoms with van der Waals surface area (Å²) >= 11 is 0. The average Bonchev–Trinajstić information content (AvgIpc) is 3.12. The molecular formula is C23H28N4O4. The number of nitrogens with zero attached hydrogens (tertiary/aromatic N) is 4. The van der Waals surface area contributed by atoms with Gasteiger partial charge in [-0.05, 0) is 32.3 Å². The maximum Gasteiger partial charge on any atom is 0.309 e. The molecule has 0 N–H and O–H groups in total. The predicted octanol–water partition coefficient (Wildman–Crippen LogP) is 2.64. The van der Waals surface area contributed by atoms with Crippen molar-refractivity contribution in [1.82, 2.24) is 19.2 Å². The fourth-order valence-electron chi connectivity index (χ4n) is 4.59. The lowest BCUT2D eigenvalue weighted by Crippen LogP contribution is -2.44. The fourth-order valence-corrected chi connectivity index (χ4v) is 4.59. The molecule has 0 aliphatic carbocycles. The number of aryl methyl sites for hydroxylation is 1. The summed E-state index contributed by atoms with van der Waals surface area (Å²) in [6.45, 7) is 5.15. The first-order valence-electron chi connectivity index (χ1n) is 10.9. The molecule has 3 heterocycles. The second kappa shape index (κ2) is 8.53. The highest BCUT2D eigenvalue weighted by atomic mass is 16.5. The molecule has 164 valence electrons. The Balaban J connectivity index is 1.71. The fraction of sp³-hybridized carbons (Fsp3) is 0.478. The number of para-hydroxylation sites is 1. The Bertz CT molecular complexity index is 1190. The molecular weight excluding hydrogens is 396 g/mol. The van der Waals surface area contributed by atoms with E-state index in [4.69, 9.17) is 4.74 Å². The van der Waals surface area contributed by atoms with E-state index in [0.29, 0.717) is 44.5 Å². The van der Waals surface area contributed by atoms with Crippen LogP contribution in [0.1, 0.15) is 39.2 Å². The van der Waals surface area contributed by atoms with Crippen molar-refractivity contribution in [3.05, 3.63) is 40.8 Å². The number of fused-ring (bicyclic) bond motifs is 3. The normalized spacial score (nSPS) is 16.0. The lowest BCUT2D eigenvalue weighted by Gasteiger charge is -2.34. The van der Waals surface area contributed by atoms with Gasteiger partial charge in [0, 0.05) is 30.9 Å². The van der Waals surface area contributed by atoms with Crippen LogP contribution in [-0.4, -0.2) is 50.8 Å². The maximum absolute atomic E-state index is 13.6. The highest BCUT2D eigenvalue weighted by Crippen LogP contribution is 2.32. The summed E-state index contributed by atoms with van der Waals surface area (Å²) in [5.74, 6) is -0.359. The predicted molar refractivity (Wildman–Crippen MR) is 118 cm³/mol. The van der Waals surface area contributed by atoms with Gasteiger partial charge in [0.1, 0.15) is 11.6 Å². The van der Waals surface area contributed by atoms with E-state index in [9.17, 15) is 14.4 Å². The van der Waals surface area contributed by atoms with Crippen molar-refractivity contribution < 1.29 is 14.3 Å². The van der Waals surface area contributed by atoms with Crippen molar-refractivity contribution in [2.75, 3.05) is 19.7 Å². The lowest BCUT2D eigenvalue weighted by molar-refractivity contribution is -0.151. The zero-order chi connectivity index (χ0) is 22.1. The molecule has 0 bridgehead atoms.